The summed E-state index contributed by atoms with van der Waals surface area (Å²) < 4.78 is 0. The fourth-order valence-corrected chi connectivity index (χ4v) is 2.78. The van der Waals surface area contributed by atoms with Gasteiger partial charge in [-0.1, -0.05) is 0 Å². The molecule has 1 rings (SSSR count). The Morgan fingerprint density at radius 1 is 1.36 bits per heavy atom. The average Bonchev–Trinajstić information content (AvgIpc) is 2.50. The molecule has 2 amide bonds. The summed E-state index contributed by atoms with van der Waals surface area (Å²) in [5, 5.41) is 22.5. The van der Waals surface area contributed by atoms with Gasteiger partial charge in [0, 0.05) is 23.6 Å². The molecule has 0 saturated carbocycles. The molecular weight excluding hydrogens is 350 g/mol. The van der Waals surface area contributed by atoms with Crippen molar-refractivity contribution in [3.63, 3.8) is 0 Å². The van der Waals surface area contributed by atoms with Gasteiger partial charge in [-0.25, -0.2) is 0 Å². The number of nitro groups is 1. The lowest BCUT2D eigenvalue weighted by Crippen LogP contribution is -2.44. The number of hydrogen-bond acceptors (Lipinski definition) is 6. The molecule has 0 bridgehead atoms. The SMILES string of the molecule is CC(C)(CCC(=O)O)NC(=O)CSc1ccc(C(N)=O)cc1[N+](=O)[O-]. The first-order chi connectivity index (χ1) is 11.5. The molecule has 9 nitrogen and oxygen atoms in total. The number of thioether (sulfide) groups is 1. The second-order valence-corrected chi connectivity index (χ2v) is 6.94. The third-order valence-corrected chi connectivity index (χ3v) is 4.30. The lowest BCUT2D eigenvalue weighted by Gasteiger charge is -2.25. The number of carboxylic acid groups (broad SMARTS) is 1. The van der Waals surface area contributed by atoms with Crippen LogP contribution in [0.1, 0.15) is 37.0 Å². The zero-order valence-corrected chi connectivity index (χ0v) is 14.6. The van der Waals surface area contributed by atoms with E-state index < -0.39 is 22.3 Å². The standard InChI is InChI=1S/C15H19N3O6S/c1-15(2,6-5-13(20)21)17-12(19)8-25-11-4-3-9(14(16)22)7-10(11)18(23)24/h3-4,7H,5-6,8H2,1-2H3,(H2,16,22)(H,17,19)(H,20,21). The largest absolute Gasteiger partial charge is 0.481 e. The Morgan fingerprint density at radius 3 is 2.52 bits per heavy atom. The van der Waals surface area contributed by atoms with Gasteiger partial charge in [0.05, 0.1) is 15.6 Å². The van der Waals surface area contributed by atoms with Gasteiger partial charge < -0.3 is 16.2 Å². The molecule has 0 aromatic heterocycles. The van der Waals surface area contributed by atoms with Crippen LogP contribution >= 0.6 is 11.8 Å². The van der Waals surface area contributed by atoms with Crippen molar-refractivity contribution in [1.29, 1.82) is 0 Å². The van der Waals surface area contributed by atoms with Gasteiger partial charge in [0.2, 0.25) is 11.8 Å². The summed E-state index contributed by atoms with van der Waals surface area (Å²) in [4.78, 5) is 44.4. The van der Waals surface area contributed by atoms with Crippen molar-refractivity contribution in [2.24, 2.45) is 5.73 Å². The van der Waals surface area contributed by atoms with E-state index in [1.807, 2.05) is 0 Å². The molecule has 0 aliphatic rings. The molecule has 0 saturated heterocycles. The maximum Gasteiger partial charge on any atom is 0.303 e. The quantitative estimate of drug-likeness (QED) is 0.339. The molecule has 0 heterocycles. The molecule has 1 aromatic carbocycles. The number of nitrogens with zero attached hydrogens (tertiary/aromatic N) is 1. The van der Waals surface area contributed by atoms with E-state index in [1.165, 1.54) is 12.1 Å². The molecule has 0 aliphatic carbocycles. The third kappa shape index (κ3) is 6.79. The van der Waals surface area contributed by atoms with Crippen molar-refractivity contribution in [2.45, 2.75) is 37.1 Å². The smallest absolute Gasteiger partial charge is 0.303 e. The number of carbonyl (C=O) groups is 3. The molecule has 0 atom stereocenters. The first kappa shape index (κ1) is 20.4. The number of rotatable bonds is 9. The second-order valence-electron chi connectivity index (χ2n) is 5.92. The van der Waals surface area contributed by atoms with E-state index in [0.29, 0.717) is 0 Å². The molecule has 25 heavy (non-hydrogen) atoms. The Hall–Kier alpha value is -2.62. The van der Waals surface area contributed by atoms with Crippen molar-refractivity contribution >= 4 is 35.2 Å². The van der Waals surface area contributed by atoms with Gasteiger partial charge in [-0.05, 0) is 32.4 Å². The minimum Gasteiger partial charge on any atom is -0.481 e. The summed E-state index contributed by atoms with van der Waals surface area (Å²) >= 11 is 0.947. The van der Waals surface area contributed by atoms with Crippen molar-refractivity contribution in [1.82, 2.24) is 5.32 Å². The van der Waals surface area contributed by atoms with Crippen LogP contribution in [-0.2, 0) is 9.59 Å². The van der Waals surface area contributed by atoms with Crippen molar-refractivity contribution in [3.8, 4) is 0 Å². The van der Waals surface area contributed by atoms with Crippen LogP contribution in [0, 0.1) is 10.1 Å². The molecule has 136 valence electrons. The molecule has 10 heteroatoms. The first-order valence-corrected chi connectivity index (χ1v) is 8.24. The minimum absolute atomic E-state index is 0.00954. The number of nitro benzene ring substituents is 1. The van der Waals surface area contributed by atoms with E-state index in [2.05, 4.69) is 5.32 Å². The summed E-state index contributed by atoms with van der Waals surface area (Å²) in [5.41, 5.74) is 4.09. The molecule has 0 spiro atoms. The summed E-state index contributed by atoms with van der Waals surface area (Å²) in [6, 6.07) is 3.79. The van der Waals surface area contributed by atoms with Gasteiger partial charge in [0.15, 0.2) is 0 Å². The van der Waals surface area contributed by atoms with Crippen LogP contribution in [0.15, 0.2) is 23.1 Å². The number of carbonyl (C=O) groups excluding carboxylic acids is 2. The molecule has 1 aromatic rings. The number of benzene rings is 1. The van der Waals surface area contributed by atoms with Gasteiger partial charge in [0.25, 0.3) is 5.69 Å². The van der Waals surface area contributed by atoms with Gasteiger partial charge >= 0.3 is 5.97 Å². The summed E-state index contributed by atoms with van der Waals surface area (Å²) in [6.45, 7) is 3.39. The van der Waals surface area contributed by atoms with E-state index in [1.54, 1.807) is 13.8 Å². The van der Waals surface area contributed by atoms with Crippen molar-refractivity contribution < 1.29 is 24.4 Å². The van der Waals surface area contributed by atoms with Crippen molar-refractivity contribution in [2.75, 3.05) is 5.75 Å². The van der Waals surface area contributed by atoms with E-state index in [0.717, 1.165) is 17.8 Å². The number of hydrogen-bond donors (Lipinski definition) is 3. The van der Waals surface area contributed by atoms with Crippen LogP contribution in [0.4, 0.5) is 5.69 Å². The topological polar surface area (TPSA) is 153 Å². The Morgan fingerprint density at radius 2 is 2.00 bits per heavy atom. The number of aliphatic carboxylic acids is 1. The number of primary amides is 1. The maximum absolute atomic E-state index is 12.0. The highest BCUT2D eigenvalue weighted by Crippen LogP contribution is 2.30. The van der Waals surface area contributed by atoms with E-state index in [9.17, 15) is 24.5 Å². The Kier molecular flexibility index (Phi) is 6.92. The summed E-state index contributed by atoms with van der Waals surface area (Å²) in [7, 11) is 0. The van der Waals surface area contributed by atoms with E-state index in [-0.39, 0.29) is 40.6 Å². The van der Waals surface area contributed by atoms with Crippen LogP contribution in [0.3, 0.4) is 0 Å². The monoisotopic (exact) mass is 369 g/mol. The first-order valence-electron chi connectivity index (χ1n) is 7.25. The van der Waals surface area contributed by atoms with Crippen molar-refractivity contribution in [3.05, 3.63) is 33.9 Å². The lowest BCUT2D eigenvalue weighted by molar-refractivity contribution is -0.387. The molecule has 0 aliphatic heterocycles. The lowest BCUT2D eigenvalue weighted by atomic mass is 9.98. The summed E-state index contributed by atoms with van der Waals surface area (Å²) in [5.74, 6) is -2.21. The average molecular weight is 369 g/mol. The number of amides is 2. The highest BCUT2D eigenvalue weighted by molar-refractivity contribution is 8.00. The van der Waals surface area contributed by atoms with Gasteiger partial charge in [-0.3, -0.25) is 24.5 Å². The van der Waals surface area contributed by atoms with Crippen LogP contribution in [0.25, 0.3) is 0 Å². The predicted molar refractivity (Wildman–Crippen MR) is 91.4 cm³/mol. The normalized spacial score (nSPS) is 11.0. The predicted octanol–water partition coefficient (Wildman–Crippen LogP) is 1.55. The Balaban J connectivity index is 2.74. The van der Waals surface area contributed by atoms with Gasteiger partial charge in [-0.15, -0.1) is 11.8 Å². The van der Waals surface area contributed by atoms with Crippen LogP contribution in [-0.4, -0.2) is 39.1 Å². The number of carboxylic acids is 1. The summed E-state index contributed by atoms with van der Waals surface area (Å²) in [6.07, 6.45) is 0.173. The van der Waals surface area contributed by atoms with E-state index >= 15 is 0 Å². The molecule has 0 unspecified atom stereocenters. The van der Waals surface area contributed by atoms with Crippen LogP contribution < -0.4 is 11.1 Å². The molecule has 0 radical (unpaired) electrons. The molecule has 4 N–H and O–H groups in total. The third-order valence-electron chi connectivity index (χ3n) is 3.24. The molecule has 0 fully saturated rings. The van der Waals surface area contributed by atoms with Gasteiger partial charge in [0.1, 0.15) is 0 Å². The van der Waals surface area contributed by atoms with Crippen LogP contribution in [0.2, 0.25) is 0 Å². The highest BCUT2D eigenvalue weighted by Gasteiger charge is 2.23. The zero-order valence-electron chi connectivity index (χ0n) is 13.8. The molecular formula is C15H19N3O6S. The zero-order chi connectivity index (χ0) is 19.2. The maximum atomic E-state index is 12.0. The van der Waals surface area contributed by atoms with Crippen LogP contribution in [0.5, 0.6) is 0 Å². The Bertz CT molecular complexity index is 705. The number of nitrogens with one attached hydrogen (secondary N) is 1. The minimum atomic E-state index is -0.957. The highest BCUT2D eigenvalue weighted by atomic mass is 32.2. The fraction of sp³-hybridized carbons (Fsp3) is 0.400. The number of nitrogens with two attached hydrogens (primary N) is 1. The van der Waals surface area contributed by atoms with Gasteiger partial charge in [-0.2, -0.15) is 0 Å². The Labute approximate surface area is 148 Å². The second kappa shape index (κ2) is 8.47. The van der Waals surface area contributed by atoms with E-state index in [4.69, 9.17) is 10.8 Å². The fourth-order valence-electron chi connectivity index (χ4n) is 1.97.